The van der Waals surface area contributed by atoms with Gasteiger partial charge in [0.05, 0.1) is 5.54 Å². The summed E-state index contributed by atoms with van der Waals surface area (Å²) in [6.07, 6.45) is 5.48. The van der Waals surface area contributed by atoms with Crippen LogP contribution in [0.1, 0.15) is 52.0 Å². The predicted octanol–water partition coefficient (Wildman–Crippen LogP) is 3.53. The molecule has 0 radical (unpaired) electrons. The highest BCUT2D eigenvalue weighted by molar-refractivity contribution is 5.25. The van der Waals surface area contributed by atoms with Crippen LogP contribution in [0.3, 0.4) is 0 Å². The van der Waals surface area contributed by atoms with E-state index in [1.165, 1.54) is 31.2 Å². The zero-order valence-corrected chi connectivity index (χ0v) is 13.2. The number of benzene rings is 1. The molecule has 1 saturated carbocycles. The van der Waals surface area contributed by atoms with Crippen LogP contribution in [0.25, 0.3) is 0 Å². The molecule has 1 aliphatic carbocycles. The average molecular weight is 272 g/mol. The lowest BCUT2D eigenvalue weighted by atomic mass is 9.71. The fourth-order valence-corrected chi connectivity index (χ4v) is 4.10. The minimum absolute atomic E-state index is 0.0888. The molecule has 0 aromatic heterocycles. The van der Waals surface area contributed by atoms with E-state index in [0.29, 0.717) is 11.6 Å². The molecule has 20 heavy (non-hydrogen) atoms. The third-order valence-corrected chi connectivity index (χ3v) is 5.77. The molecule has 0 bridgehead atoms. The van der Waals surface area contributed by atoms with Crippen LogP contribution in [-0.2, 0) is 5.54 Å². The number of piperazine rings is 1. The molecular formula is C18H28N2. The first kappa shape index (κ1) is 14.1. The lowest BCUT2D eigenvalue weighted by molar-refractivity contribution is -0.0552. The van der Waals surface area contributed by atoms with E-state index in [0.717, 1.165) is 13.1 Å². The van der Waals surface area contributed by atoms with Crippen LogP contribution in [0.4, 0.5) is 0 Å². The molecule has 1 aliphatic heterocycles. The van der Waals surface area contributed by atoms with Gasteiger partial charge in [-0.15, -0.1) is 0 Å². The standard InChI is InChI=1S/C18H28N2/c1-4-18(11-8-12-18)20-14-17(3,19-13-15(20)2)16-9-6-5-7-10-16/h5-7,9-10,15,19H,4,8,11-14H2,1-3H3. The number of nitrogens with one attached hydrogen (secondary N) is 1. The van der Waals surface area contributed by atoms with Gasteiger partial charge in [0.15, 0.2) is 0 Å². The normalized spacial score (nSPS) is 33.6. The maximum Gasteiger partial charge on any atom is 0.0535 e. The van der Waals surface area contributed by atoms with Gasteiger partial charge in [0.1, 0.15) is 0 Å². The van der Waals surface area contributed by atoms with Gasteiger partial charge < -0.3 is 5.32 Å². The summed E-state index contributed by atoms with van der Waals surface area (Å²) in [5.41, 5.74) is 1.99. The minimum atomic E-state index is 0.0888. The highest BCUT2D eigenvalue weighted by atomic mass is 15.3. The van der Waals surface area contributed by atoms with E-state index in [4.69, 9.17) is 0 Å². The SMILES string of the molecule is CCC1(N2CC(C)(c3ccccc3)NCC2C)CCC1. The Bertz CT molecular complexity index is 446. The van der Waals surface area contributed by atoms with E-state index in [1.807, 2.05) is 0 Å². The van der Waals surface area contributed by atoms with Gasteiger partial charge in [0.2, 0.25) is 0 Å². The Morgan fingerprint density at radius 3 is 2.50 bits per heavy atom. The lowest BCUT2D eigenvalue weighted by Gasteiger charge is -2.58. The van der Waals surface area contributed by atoms with Gasteiger partial charge >= 0.3 is 0 Å². The molecule has 2 fully saturated rings. The number of hydrogen-bond donors (Lipinski definition) is 1. The quantitative estimate of drug-likeness (QED) is 0.905. The van der Waals surface area contributed by atoms with Crippen LogP contribution in [-0.4, -0.2) is 29.6 Å². The van der Waals surface area contributed by atoms with Crippen molar-refractivity contribution in [3.8, 4) is 0 Å². The average Bonchev–Trinajstić information content (AvgIpc) is 2.43. The first-order valence-electron chi connectivity index (χ1n) is 8.17. The molecule has 2 atom stereocenters. The summed E-state index contributed by atoms with van der Waals surface area (Å²) in [6, 6.07) is 11.6. The molecule has 1 saturated heterocycles. The Hall–Kier alpha value is -0.860. The molecule has 0 amide bonds. The van der Waals surface area contributed by atoms with E-state index in [2.05, 4.69) is 61.3 Å². The van der Waals surface area contributed by atoms with Crippen molar-refractivity contribution in [1.29, 1.82) is 0 Å². The van der Waals surface area contributed by atoms with E-state index in [-0.39, 0.29) is 5.54 Å². The smallest absolute Gasteiger partial charge is 0.0535 e. The molecule has 1 N–H and O–H groups in total. The van der Waals surface area contributed by atoms with Crippen molar-refractivity contribution in [1.82, 2.24) is 10.2 Å². The van der Waals surface area contributed by atoms with Gasteiger partial charge in [0.25, 0.3) is 0 Å². The van der Waals surface area contributed by atoms with Crippen LogP contribution >= 0.6 is 0 Å². The third kappa shape index (κ3) is 2.19. The first-order valence-corrected chi connectivity index (χ1v) is 8.17. The predicted molar refractivity (Wildman–Crippen MR) is 84.8 cm³/mol. The summed E-state index contributed by atoms with van der Waals surface area (Å²) in [7, 11) is 0. The Morgan fingerprint density at radius 1 is 1.25 bits per heavy atom. The maximum absolute atomic E-state index is 3.79. The summed E-state index contributed by atoms with van der Waals surface area (Å²) in [5, 5.41) is 3.79. The molecule has 1 aromatic rings. The van der Waals surface area contributed by atoms with Gasteiger partial charge in [0, 0.05) is 24.7 Å². The van der Waals surface area contributed by atoms with Crippen molar-refractivity contribution in [2.75, 3.05) is 13.1 Å². The summed E-state index contributed by atoms with van der Waals surface area (Å²) in [6.45, 7) is 9.34. The van der Waals surface area contributed by atoms with Crippen LogP contribution in [0, 0.1) is 0 Å². The second-order valence-electron chi connectivity index (χ2n) is 6.99. The van der Waals surface area contributed by atoms with Crippen molar-refractivity contribution in [2.45, 2.75) is 63.6 Å². The van der Waals surface area contributed by atoms with Crippen molar-refractivity contribution >= 4 is 0 Å². The molecule has 2 nitrogen and oxygen atoms in total. The van der Waals surface area contributed by atoms with Crippen molar-refractivity contribution < 1.29 is 0 Å². The Labute approximate surface area is 123 Å². The number of hydrogen-bond acceptors (Lipinski definition) is 2. The molecule has 2 unspecified atom stereocenters. The van der Waals surface area contributed by atoms with Crippen LogP contribution < -0.4 is 5.32 Å². The second-order valence-corrected chi connectivity index (χ2v) is 6.99. The van der Waals surface area contributed by atoms with E-state index in [9.17, 15) is 0 Å². The van der Waals surface area contributed by atoms with Gasteiger partial charge in [-0.3, -0.25) is 4.90 Å². The maximum atomic E-state index is 3.79. The van der Waals surface area contributed by atoms with Crippen LogP contribution in [0.15, 0.2) is 30.3 Å². The van der Waals surface area contributed by atoms with Crippen molar-refractivity contribution in [2.24, 2.45) is 0 Å². The summed E-state index contributed by atoms with van der Waals surface area (Å²) in [4.78, 5) is 2.81. The molecule has 1 aromatic carbocycles. The molecule has 110 valence electrons. The Balaban J connectivity index is 1.86. The largest absolute Gasteiger partial charge is 0.305 e. The van der Waals surface area contributed by atoms with Crippen LogP contribution in [0.2, 0.25) is 0 Å². The van der Waals surface area contributed by atoms with E-state index >= 15 is 0 Å². The molecular weight excluding hydrogens is 244 g/mol. The number of nitrogens with zero attached hydrogens (tertiary/aromatic N) is 1. The molecule has 0 spiro atoms. The van der Waals surface area contributed by atoms with Gasteiger partial charge in [-0.1, -0.05) is 37.3 Å². The summed E-state index contributed by atoms with van der Waals surface area (Å²) < 4.78 is 0. The van der Waals surface area contributed by atoms with Gasteiger partial charge in [-0.2, -0.15) is 0 Å². The summed E-state index contributed by atoms with van der Waals surface area (Å²) in [5.74, 6) is 0. The van der Waals surface area contributed by atoms with E-state index in [1.54, 1.807) is 0 Å². The first-order chi connectivity index (χ1) is 9.60. The zero-order valence-electron chi connectivity index (χ0n) is 13.2. The van der Waals surface area contributed by atoms with E-state index < -0.39 is 0 Å². The zero-order chi connectivity index (χ0) is 14.2. The molecule has 2 aliphatic rings. The van der Waals surface area contributed by atoms with Crippen molar-refractivity contribution in [3.05, 3.63) is 35.9 Å². The Kier molecular flexibility index (Phi) is 3.64. The molecule has 3 rings (SSSR count). The second kappa shape index (κ2) is 5.16. The topological polar surface area (TPSA) is 15.3 Å². The number of rotatable bonds is 3. The highest BCUT2D eigenvalue weighted by Crippen LogP contribution is 2.44. The summed E-state index contributed by atoms with van der Waals surface area (Å²) >= 11 is 0. The molecule has 1 heterocycles. The van der Waals surface area contributed by atoms with Crippen molar-refractivity contribution in [3.63, 3.8) is 0 Å². The van der Waals surface area contributed by atoms with Gasteiger partial charge in [-0.25, -0.2) is 0 Å². The minimum Gasteiger partial charge on any atom is -0.305 e. The Morgan fingerprint density at radius 2 is 1.95 bits per heavy atom. The highest BCUT2D eigenvalue weighted by Gasteiger charge is 2.47. The molecule has 2 heteroatoms. The fourth-order valence-electron chi connectivity index (χ4n) is 4.10. The third-order valence-electron chi connectivity index (χ3n) is 5.77. The lowest BCUT2D eigenvalue weighted by Crippen LogP contribution is -2.68. The monoisotopic (exact) mass is 272 g/mol. The van der Waals surface area contributed by atoms with Crippen LogP contribution in [0.5, 0.6) is 0 Å². The fraction of sp³-hybridized carbons (Fsp3) is 0.667. The van der Waals surface area contributed by atoms with Gasteiger partial charge in [-0.05, 0) is 45.1 Å².